The zero-order valence-corrected chi connectivity index (χ0v) is 22.4. The van der Waals surface area contributed by atoms with Crippen LogP contribution >= 0.6 is 34.5 Å². The predicted molar refractivity (Wildman–Crippen MR) is 147 cm³/mol. The SMILES string of the molecule is COc1cc(C)c(Cl)c(NC(=O)c2csc3c(Nc4ccc(CN5CCC(O)C5)cn4)ncnc23)c1Cl. The number of carbonyl (C=O) groups excluding carboxylic acids is 1. The molecule has 1 aromatic carbocycles. The monoisotopic (exact) mass is 558 g/mol. The van der Waals surface area contributed by atoms with Gasteiger partial charge in [-0.25, -0.2) is 15.0 Å². The molecular formula is C25H24Cl2N6O3S. The fraction of sp³-hybridized carbons (Fsp3) is 0.280. The molecule has 1 fully saturated rings. The van der Waals surface area contributed by atoms with Gasteiger partial charge < -0.3 is 20.5 Å². The van der Waals surface area contributed by atoms with E-state index < -0.39 is 5.91 Å². The standard InChI is InChI=1S/C25H24Cl2N6O3S/c1-13-7-17(36-2)20(27)22(19(13)26)32-25(35)16-11-37-23-21(16)29-12-30-24(23)31-18-4-3-14(8-28-18)9-33-6-5-15(34)10-33/h3-4,7-8,11-12,15,34H,5-6,9-10H2,1-2H3,(H,32,35)(H,28,29,30,31). The summed E-state index contributed by atoms with van der Waals surface area (Å²) in [6.07, 6.45) is 3.76. The normalized spacial score (nSPS) is 15.8. The lowest BCUT2D eigenvalue weighted by atomic mass is 10.2. The van der Waals surface area contributed by atoms with Crippen LogP contribution in [-0.2, 0) is 6.54 Å². The van der Waals surface area contributed by atoms with Crippen LogP contribution in [0.3, 0.4) is 0 Å². The molecular weight excluding hydrogens is 535 g/mol. The quantitative estimate of drug-likeness (QED) is 0.281. The highest BCUT2D eigenvalue weighted by molar-refractivity contribution is 7.18. The number of anilines is 3. The van der Waals surface area contributed by atoms with Gasteiger partial charge in [0.1, 0.15) is 22.9 Å². The Morgan fingerprint density at radius 1 is 1.27 bits per heavy atom. The second kappa shape index (κ2) is 10.8. The number of hydrogen-bond acceptors (Lipinski definition) is 9. The molecule has 1 saturated heterocycles. The van der Waals surface area contributed by atoms with E-state index in [0.717, 1.165) is 30.6 Å². The number of ether oxygens (including phenoxy) is 1. The van der Waals surface area contributed by atoms with Crippen LogP contribution in [0.1, 0.15) is 27.9 Å². The minimum Gasteiger partial charge on any atom is -0.495 e. The van der Waals surface area contributed by atoms with Gasteiger partial charge in [-0.2, -0.15) is 0 Å². The van der Waals surface area contributed by atoms with E-state index in [9.17, 15) is 9.90 Å². The number of amides is 1. The van der Waals surface area contributed by atoms with Gasteiger partial charge in [-0.15, -0.1) is 11.3 Å². The van der Waals surface area contributed by atoms with Crippen LogP contribution < -0.4 is 15.4 Å². The summed E-state index contributed by atoms with van der Waals surface area (Å²) >= 11 is 14.2. The van der Waals surface area contributed by atoms with E-state index in [1.54, 1.807) is 18.4 Å². The third-order valence-corrected chi connectivity index (χ3v) is 7.97. The minimum atomic E-state index is -0.401. The number of nitrogens with zero attached hydrogens (tertiary/aromatic N) is 4. The molecule has 9 nitrogen and oxygen atoms in total. The first-order chi connectivity index (χ1) is 17.8. The molecule has 1 aliphatic rings. The number of methoxy groups -OCH3 is 1. The van der Waals surface area contributed by atoms with Crippen LogP contribution in [0.4, 0.5) is 17.3 Å². The minimum absolute atomic E-state index is 0.221. The summed E-state index contributed by atoms with van der Waals surface area (Å²) in [6.45, 7) is 4.11. The number of aliphatic hydroxyl groups is 1. The molecule has 37 heavy (non-hydrogen) atoms. The number of aliphatic hydroxyl groups excluding tert-OH is 1. The highest BCUT2D eigenvalue weighted by Gasteiger charge is 2.22. The van der Waals surface area contributed by atoms with E-state index >= 15 is 0 Å². The van der Waals surface area contributed by atoms with Gasteiger partial charge in [0, 0.05) is 31.2 Å². The molecule has 0 radical (unpaired) electrons. The third-order valence-electron chi connectivity index (χ3n) is 6.13. The van der Waals surface area contributed by atoms with Gasteiger partial charge >= 0.3 is 0 Å². The smallest absolute Gasteiger partial charge is 0.258 e. The van der Waals surface area contributed by atoms with Crippen molar-refractivity contribution in [1.82, 2.24) is 19.9 Å². The van der Waals surface area contributed by atoms with Crippen LogP contribution in [0.15, 0.2) is 36.1 Å². The Balaban J connectivity index is 1.35. The summed E-state index contributed by atoms with van der Waals surface area (Å²) in [4.78, 5) is 28.6. The molecule has 3 aromatic heterocycles. The van der Waals surface area contributed by atoms with E-state index in [1.165, 1.54) is 24.8 Å². The first kappa shape index (κ1) is 25.6. The number of halogens is 2. The molecule has 0 spiro atoms. The van der Waals surface area contributed by atoms with E-state index in [1.807, 2.05) is 18.3 Å². The molecule has 0 aliphatic carbocycles. The van der Waals surface area contributed by atoms with Crippen LogP contribution in [0, 0.1) is 6.92 Å². The maximum atomic E-state index is 13.2. The van der Waals surface area contributed by atoms with Crippen molar-refractivity contribution < 1.29 is 14.6 Å². The average molecular weight is 559 g/mol. The number of β-amino-alcohol motifs (C(OH)–C–C–N with tert-alkyl or cyclic N) is 1. The van der Waals surface area contributed by atoms with Crippen LogP contribution in [0.5, 0.6) is 5.75 Å². The summed E-state index contributed by atoms with van der Waals surface area (Å²) in [5, 5.41) is 18.0. The Morgan fingerprint density at radius 3 is 2.81 bits per heavy atom. The topological polar surface area (TPSA) is 112 Å². The molecule has 1 atom stereocenters. The zero-order valence-electron chi connectivity index (χ0n) is 20.1. The molecule has 3 N–H and O–H groups in total. The van der Waals surface area contributed by atoms with E-state index in [0.29, 0.717) is 44.7 Å². The Bertz CT molecular complexity index is 1460. The first-order valence-electron chi connectivity index (χ1n) is 11.5. The lowest BCUT2D eigenvalue weighted by Gasteiger charge is -2.15. The predicted octanol–water partition coefficient (Wildman–Crippen LogP) is 5.27. The van der Waals surface area contributed by atoms with E-state index in [-0.39, 0.29) is 16.8 Å². The Morgan fingerprint density at radius 2 is 2.11 bits per heavy atom. The maximum absolute atomic E-state index is 13.2. The summed E-state index contributed by atoms with van der Waals surface area (Å²) < 4.78 is 6.01. The van der Waals surface area contributed by atoms with Crippen molar-refractivity contribution in [2.24, 2.45) is 0 Å². The molecule has 4 heterocycles. The number of rotatable bonds is 7. The molecule has 0 bridgehead atoms. The number of carbonyl (C=O) groups is 1. The lowest BCUT2D eigenvalue weighted by molar-refractivity contribution is 0.102. The fourth-order valence-corrected chi connectivity index (χ4v) is 5.67. The number of likely N-dealkylation sites (tertiary alicyclic amines) is 1. The summed E-state index contributed by atoms with van der Waals surface area (Å²) in [6, 6.07) is 5.59. The highest BCUT2D eigenvalue weighted by Crippen LogP contribution is 2.41. The van der Waals surface area contributed by atoms with Crippen molar-refractivity contribution >= 4 is 68.0 Å². The summed E-state index contributed by atoms with van der Waals surface area (Å²) in [7, 11) is 1.50. The molecule has 1 unspecified atom stereocenters. The first-order valence-corrected chi connectivity index (χ1v) is 13.2. The largest absolute Gasteiger partial charge is 0.495 e. The number of aryl methyl sites for hydroxylation is 1. The number of fused-ring (bicyclic) bond motifs is 1. The maximum Gasteiger partial charge on any atom is 0.258 e. The number of pyridine rings is 1. The number of thiophene rings is 1. The molecule has 192 valence electrons. The third kappa shape index (κ3) is 5.34. The number of benzene rings is 1. The highest BCUT2D eigenvalue weighted by atomic mass is 35.5. The van der Waals surface area contributed by atoms with E-state index in [4.69, 9.17) is 27.9 Å². The van der Waals surface area contributed by atoms with Crippen molar-refractivity contribution in [3.63, 3.8) is 0 Å². The summed E-state index contributed by atoms with van der Waals surface area (Å²) in [5.74, 6) is 1.18. The lowest BCUT2D eigenvalue weighted by Crippen LogP contribution is -2.21. The zero-order chi connectivity index (χ0) is 26.1. The summed E-state index contributed by atoms with van der Waals surface area (Å²) in [5.41, 5.74) is 2.93. The molecule has 4 aromatic rings. The van der Waals surface area contributed by atoms with Gasteiger partial charge in [0.05, 0.1) is 39.7 Å². The molecule has 0 saturated carbocycles. The van der Waals surface area contributed by atoms with E-state index in [2.05, 4.69) is 30.5 Å². The van der Waals surface area contributed by atoms with Gasteiger partial charge in [-0.05, 0) is 36.6 Å². The van der Waals surface area contributed by atoms with Crippen LogP contribution in [0.25, 0.3) is 10.2 Å². The molecule has 5 rings (SSSR count). The average Bonchev–Trinajstić information content (AvgIpc) is 3.51. The van der Waals surface area contributed by atoms with Crippen molar-refractivity contribution in [1.29, 1.82) is 0 Å². The van der Waals surface area contributed by atoms with Crippen molar-refractivity contribution in [3.8, 4) is 5.75 Å². The van der Waals surface area contributed by atoms with Crippen molar-refractivity contribution in [3.05, 3.63) is 62.8 Å². The number of aromatic nitrogens is 3. The van der Waals surface area contributed by atoms with Gasteiger partial charge in [0.25, 0.3) is 5.91 Å². The van der Waals surface area contributed by atoms with Crippen molar-refractivity contribution in [2.45, 2.75) is 26.0 Å². The van der Waals surface area contributed by atoms with Crippen LogP contribution in [-0.4, -0.2) is 57.2 Å². The van der Waals surface area contributed by atoms with Crippen LogP contribution in [0.2, 0.25) is 10.0 Å². The molecule has 12 heteroatoms. The molecule has 1 amide bonds. The van der Waals surface area contributed by atoms with Gasteiger partial charge in [0.15, 0.2) is 5.82 Å². The van der Waals surface area contributed by atoms with Crippen molar-refractivity contribution in [2.75, 3.05) is 30.8 Å². The number of hydrogen-bond donors (Lipinski definition) is 3. The Hall–Kier alpha value is -3.02. The van der Waals surface area contributed by atoms with Gasteiger partial charge in [-0.1, -0.05) is 29.3 Å². The number of nitrogens with one attached hydrogen (secondary N) is 2. The Kier molecular flexibility index (Phi) is 7.45. The second-order valence-corrected chi connectivity index (χ2v) is 10.4. The Labute approximate surface area is 227 Å². The van der Waals surface area contributed by atoms with Gasteiger partial charge in [-0.3, -0.25) is 9.69 Å². The van der Waals surface area contributed by atoms with Gasteiger partial charge in [0.2, 0.25) is 0 Å². The second-order valence-electron chi connectivity index (χ2n) is 8.76. The fourth-order valence-electron chi connectivity index (χ4n) is 4.21. The molecule has 1 aliphatic heterocycles.